The summed E-state index contributed by atoms with van der Waals surface area (Å²) in [6.07, 6.45) is 2.23. The number of thioether (sulfide) groups is 1. The standard InChI is InChI=1S/C7H9NO4S3/c8-15(11,12)6-4-5-2-1-3-14(9,10)7(5)13-6/h1,3,6H,2,4H2,(H2,8,11,12). The molecule has 2 rings (SSSR count). The van der Waals surface area contributed by atoms with Gasteiger partial charge in [0.1, 0.15) is 8.82 Å². The first-order chi connectivity index (χ1) is 6.81. The quantitative estimate of drug-likeness (QED) is 0.736. The molecule has 2 aliphatic rings. The molecule has 5 nitrogen and oxygen atoms in total. The van der Waals surface area contributed by atoms with Crippen LogP contribution in [0.2, 0.25) is 0 Å². The van der Waals surface area contributed by atoms with Crippen molar-refractivity contribution in [2.45, 2.75) is 17.4 Å². The summed E-state index contributed by atoms with van der Waals surface area (Å²) in [5, 5.41) is 6.11. The second-order valence-electron chi connectivity index (χ2n) is 3.35. The monoisotopic (exact) mass is 267 g/mol. The van der Waals surface area contributed by atoms with E-state index in [0.717, 1.165) is 17.2 Å². The molecule has 8 heteroatoms. The summed E-state index contributed by atoms with van der Waals surface area (Å²) in [6, 6.07) is 0. The van der Waals surface area contributed by atoms with Crippen molar-refractivity contribution in [3.63, 3.8) is 0 Å². The van der Waals surface area contributed by atoms with Crippen LogP contribution in [0.5, 0.6) is 0 Å². The molecule has 0 radical (unpaired) electrons. The van der Waals surface area contributed by atoms with Gasteiger partial charge in [0.25, 0.3) is 0 Å². The number of nitrogens with two attached hydrogens (primary N) is 1. The van der Waals surface area contributed by atoms with Gasteiger partial charge >= 0.3 is 0 Å². The number of rotatable bonds is 1. The van der Waals surface area contributed by atoms with Gasteiger partial charge in [-0.25, -0.2) is 22.0 Å². The first kappa shape index (κ1) is 11.2. The molecular weight excluding hydrogens is 258 g/mol. The highest BCUT2D eigenvalue weighted by Gasteiger charge is 2.38. The number of allylic oxidation sites excluding steroid dienone is 2. The molecule has 2 aliphatic heterocycles. The largest absolute Gasteiger partial charge is 0.228 e. The zero-order valence-corrected chi connectivity index (χ0v) is 10.0. The number of hydrogen-bond acceptors (Lipinski definition) is 5. The number of primary sulfonamides is 1. The van der Waals surface area contributed by atoms with Crippen LogP contribution in [0, 0.1) is 0 Å². The normalized spacial score (nSPS) is 29.3. The molecule has 0 aromatic rings. The maximum atomic E-state index is 11.5. The first-order valence-electron chi connectivity index (χ1n) is 4.12. The third-order valence-corrected chi connectivity index (χ3v) is 7.47. The second kappa shape index (κ2) is 3.34. The minimum absolute atomic E-state index is 0.170. The van der Waals surface area contributed by atoms with E-state index < -0.39 is 24.4 Å². The Bertz CT molecular complexity index is 555. The van der Waals surface area contributed by atoms with Crippen LogP contribution in [0.25, 0.3) is 0 Å². The van der Waals surface area contributed by atoms with E-state index in [4.69, 9.17) is 5.14 Å². The van der Waals surface area contributed by atoms with Gasteiger partial charge in [-0.05, 0) is 18.4 Å². The number of hydrogen-bond donors (Lipinski definition) is 1. The Hall–Kier alpha value is -0.310. The Morgan fingerprint density at radius 2 is 2.13 bits per heavy atom. The molecule has 1 unspecified atom stereocenters. The fourth-order valence-corrected chi connectivity index (χ4v) is 5.92. The Morgan fingerprint density at radius 3 is 2.67 bits per heavy atom. The van der Waals surface area contributed by atoms with Crippen molar-refractivity contribution in [3.05, 3.63) is 21.3 Å². The number of sulfonamides is 1. The lowest BCUT2D eigenvalue weighted by molar-refractivity contribution is 0.594. The lowest BCUT2D eigenvalue weighted by Gasteiger charge is -2.06. The van der Waals surface area contributed by atoms with E-state index >= 15 is 0 Å². The predicted octanol–water partition coefficient (Wildman–Crippen LogP) is 0.282. The van der Waals surface area contributed by atoms with Gasteiger partial charge < -0.3 is 0 Å². The highest BCUT2D eigenvalue weighted by molar-refractivity contribution is 8.25. The minimum atomic E-state index is -3.68. The molecule has 84 valence electrons. The van der Waals surface area contributed by atoms with Gasteiger partial charge in [0.2, 0.25) is 19.9 Å². The van der Waals surface area contributed by atoms with Crippen LogP contribution in [0.4, 0.5) is 0 Å². The molecule has 0 amide bonds. The second-order valence-corrected chi connectivity index (χ2v) is 8.64. The Morgan fingerprint density at radius 1 is 1.47 bits per heavy atom. The van der Waals surface area contributed by atoms with E-state index in [2.05, 4.69) is 0 Å². The zero-order valence-electron chi connectivity index (χ0n) is 7.58. The van der Waals surface area contributed by atoms with Crippen LogP contribution in [-0.4, -0.2) is 21.4 Å². The lowest BCUT2D eigenvalue weighted by Crippen LogP contribution is -2.24. The zero-order chi connectivity index (χ0) is 11.3. The van der Waals surface area contributed by atoms with Crippen molar-refractivity contribution < 1.29 is 16.8 Å². The molecule has 0 aliphatic carbocycles. The fraction of sp³-hybridized carbons (Fsp3) is 0.429. The first-order valence-corrected chi connectivity index (χ1v) is 8.16. The third kappa shape index (κ3) is 1.99. The van der Waals surface area contributed by atoms with Crippen LogP contribution >= 0.6 is 11.8 Å². The Labute approximate surface area is 92.4 Å². The molecule has 0 spiro atoms. The summed E-state index contributed by atoms with van der Waals surface area (Å²) < 4.78 is 44.6. The van der Waals surface area contributed by atoms with Gasteiger partial charge in [-0.1, -0.05) is 17.8 Å². The smallest absolute Gasteiger partial charge is 0.222 e. The SMILES string of the molecule is NS(=O)(=O)C1CC2=C(S1)S(=O)(=O)C=CC2. The molecule has 0 aromatic heterocycles. The van der Waals surface area contributed by atoms with E-state index in [9.17, 15) is 16.8 Å². The highest BCUT2D eigenvalue weighted by atomic mass is 32.3. The maximum Gasteiger partial charge on any atom is 0.222 e. The van der Waals surface area contributed by atoms with Crippen molar-refractivity contribution in [2.24, 2.45) is 5.14 Å². The van der Waals surface area contributed by atoms with Gasteiger partial charge in [0.05, 0.1) is 0 Å². The van der Waals surface area contributed by atoms with E-state index in [1.165, 1.54) is 6.08 Å². The summed E-state index contributed by atoms with van der Waals surface area (Å²) in [4.78, 5) is 0. The molecule has 0 aromatic carbocycles. The summed E-state index contributed by atoms with van der Waals surface area (Å²) in [7, 11) is -7.09. The van der Waals surface area contributed by atoms with E-state index in [-0.39, 0.29) is 10.7 Å². The van der Waals surface area contributed by atoms with Crippen molar-refractivity contribution >= 4 is 31.6 Å². The topological polar surface area (TPSA) is 94.3 Å². The molecule has 0 bridgehead atoms. The third-order valence-electron chi connectivity index (χ3n) is 2.20. The van der Waals surface area contributed by atoms with Gasteiger partial charge in [-0.15, -0.1) is 0 Å². The molecule has 15 heavy (non-hydrogen) atoms. The molecule has 1 atom stereocenters. The minimum Gasteiger partial charge on any atom is -0.228 e. The number of sulfone groups is 1. The van der Waals surface area contributed by atoms with Gasteiger partial charge in [-0.3, -0.25) is 0 Å². The van der Waals surface area contributed by atoms with Crippen LogP contribution in [0.1, 0.15) is 12.8 Å². The lowest BCUT2D eigenvalue weighted by atomic mass is 10.2. The summed E-state index contributed by atoms with van der Waals surface area (Å²) in [5.41, 5.74) is 0.654. The van der Waals surface area contributed by atoms with Gasteiger partial charge in [-0.2, -0.15) is 0 Å². The highest BCUT2D eigenvalue weighted by Crippen LogP contribution is 2.46. The van der Waals surface area contributed by atoms with Crippen molar-refractivity contribution in [3.8, 4) is 0 Å². The van der Waals surface area contributed by atoms with Crippen LogP contribution in [0.15, 0.2) is 21.3 Å². The average molecular weight is 267 g/mol. The summed E-state index contributed by atoms with van der Waals surface area (Å²) in [5.74, 6) is 0. The molecular formula is C7H9NO4S3. The Kier molecular flexibility index (Phi) is 2.49. The average Bonchev–Trinajstić information content (AvgIpc) is 2.47. The summed E-state index contributed by atoms with van der Waals surface area (Å²) in [6.45, 7) is 0. The van der Waals surface area contributed by atoms with Crippen molar-refractivity contribution in [1.29, 1.82) is 0 Å². The van der Waals surface area contributed by atoms with E-state index in [1.54, 1.807) is 0 Å². The van der Waals surface area contributed by atoms with E-state index in [0.29, 0.717) is 12.0 Å². The van der Waals surface area contributed by atoms with Crippen LogP contribution in [0.3, 0.4) is 0 Å². The van der Waals surface area contributed by atoms with E-state index in [1.807, 2.05) is 0 Å². The van der Waals surface area contributed by atoms with Crippen molar-refractivity contribution in [1.82, 2.24) is 0 Å². The molecule has 0 saturated carbocycles. The fourth-order valence-electron chi connectivity index (χ4n) is 1.53. The Balaban J connectivity index is 2.37. The van der Waals surface area contributed by atoms with Crippen LogP contribution < -0.4 is 5.14 Å². The van der Waals surface area contributed by atoms with Crippen molar-refractivity contribution in [2.75, 3.05) is 0 Å². The molecule has 0 fully saturated rings. The van der Waals surface area contributed by atoms with Crippen LogP contribution in [-0.2, 0) is 19.9 Å². The molecule has 0 saturated heterocycles. The molecule has 2 N–H and O–H groups in total. The summed E-state index contributed by atoms with van der Waals surface area (Å²) >= 11 is 0.836. The maximum absolute atomic E-state index is 11.5. The predicted molar refractivity (Wildman–Crippen MR) is 58.8 cm³/mol. The van der Waals surface area contributed by atoms with Gasteiger partial charge in [0, 0.05) is 5.41 Å². The van der Waals surface area contributed by atoms with Gasteiger partial charge in [0.15, 0.2) is 0 Å². The molecule has 2 heterocycles.